The fourth-order valence-electron chi connectivity index (χ4n) is 2.66. The third kappa shape index (κ3) is 3.95. The van der Waals surface area contributed by atoms with Crippen molar-refractivity contribution >= 4 is 43.2 Å². The van der Waals surface area contributed by atoms with Crippen molar-refractivity contribution in [1.82, 2.24) is 9.88 Å². The maximum absolute atomic E-state index is 12.9. The number of fused-ring (bicyclic) bond motifs is 1. The van der Waals surface area contributed by atoms with Gasteiger partial charge in [-0.25, -0.2) is 8.42 Å². The van der Waals surface area contributed by atoms with Crippen LogP contribution in [0.5, 0.6) is 0 Å². The van der Waals surface area contributed by atoms with Gasteiger partial charge in [0.2, 0.25) is 0 Å². The van der Waals surface area contributed by atoms with Gasteiger partial charge in [-0.3, -0.25) is 14.3 Å². The van der Waals surface area contributed by atoms with Crippen LogP contribution in [0.2, 0.25) is 0 Å². The van der Waals surface area contributed by atoms with Crippen molar-refractivity contribution in [1.29, 1.82) is 0 Å². The molecule has 7 nitrogen and oxygen atoms in total. The Bertz CT molecular complexity index is 1200. The minimum absolute atomic E-state index is 0.0268. The molecule has 0 fully saturated rings. The number of rotatable bonds is 6. The van der Waals surface area contributed by atoms with Gasteiger partial charge in [-0.2, -0.15) is 0 Å². The van der Waals surface area contributed by atoms with Gasteiger partial charge in [0.1, 0.15) is 0 Å². The van der Waals surface area contributed by atoms with Crippen molar-refractivity contribution in [2.45, 2.75) is 31.2 Å². The van der Waals surface area contributed by atoms with Gasteiger partial charge in [0.25, 0.3) is 15.9 Å². The van der Waals surface area contributed by atoms with Crippen molar-refractivity contribution in [3.63, 3.8) is 0 Å². The van der Waals surface area contributed by atoms with E-state index in [1.165, 1.54) is 16.7 Å². The monoisotopic (exact) mass is 419 g/mol. The number of amides is 1. The summed E-state index contributed by atoms with van der Waals surface area (Å²) in [6, 6.07) is 10.9. The van der Waals surface area contributed by atoms with E-state index < -0.39 is 10.0 Å². The molecule has 1 unspecified atom stereocenters. The molecule has 0 spiro atoms. The number of thiazole rings is 1. The number of carbonyl (C=O) groups is 1. The first kappa shape index (κ1) is 20.1. The molecular weight excluding hydrogens is 398 g/mol. The van der Waals surface area contributed by atoms with E-state index in [9.17, 15) is 18.0 Å². The number of anilines is 1. The molecule has 0 aliphatic rings. The number of hydrogen-bond donors (Lipinski definition) is 2. The maximum Gasteiger partial charge on any atom is 0.307 e. The first-order valence-electron chi connectivity index (χ1n) is 8.75. The summed E-state index contributed by atoms with van der Waals surface area (Å²) in [6.07, 6.45) is 0.763. The highest BCUT2D eigenvalue weighted by atomic mass is 32.2. The predicted octanol–water partition coefficient (Wildman–Crippen LogP) is 2.93. The molecule has 1 aromatic heterocycles. The minimum atomic E-state index is -3.93. The lowest BCUT2D eigenvalue weighted by atomic mass is 10.1. The van der Waals surface area contributed by atoms with Crippen LogP contribution >= 0.6 is 11.3 Å². The Hall–Kier alpha value is -2.65. The van der Waals surface area contributed by atoms with E-state index in [2.05, 4.69) is 10.0 Å². The highest BCUT2D eigenvalue weighted by molar-refractivity contribution is 7.92. The second-order valence-corrected chi connectivity index (χ2v) is 9.17. The molecule has 2 N–H and O–H groups in total. The third-order valence-electron chi connectivity index (χ3n) is 4.48. The molecule has 0 saturated carbocycles. The Labute approximate surface area is 167 Å². The average Bonchev–Trinajstić information content (AvgIpc) is 2.95. The number of carbonyl (C=O) groups excluding carboxylic acids is 1. The van der Waals surface area contributed by atoms with Gasteiger partial charge in [-0.15, -0.1) is 0 Å². The minimum Gasteiger partial charge on any atom is -0.350 e. The van der Waals surface area contributed by atoms with Crippen LogP contribution in [0.4, 0.5) is 5.69 Å². The summed E-state index contributed by atoms with van der Waals surface area (Å²) in [5.41, 5.74) is 1.11. The van der Waals surface area contributed by atoms with Crippen LogP contribution in [0.25, 0.3) is 10.2 Å². The molecule has 28 heavy (non-hydrogen) atoms. The van der Waals surface area contributed by atoms with Crippen LogP contribution in [-0.4, -0.2) is 24.9 Å². The van der Waals surface area contributed by atoms with Gasteiger partial charge in [0, 0.05) is 13.1 Å². The zero-order chi connectivity index (χ0) is 20.5. The summed E-state index contributed by atoms with van der Waals surface area (Å²) in [7, 11) is -2.29. The van der Waals surface area contributed by atoms with E-state index in [1.807, 2.05) is 13.8 Å². The molecule has 1 atom stereocenters. The molecule has 1 heterocycles. The van der Waals surface area contributed by atoms with Crippen LogP contribution in [0, 0.1) is 0 Å². The summed E-state index contributed by atoms with van der Waals surface area (Å²) in [5.74, 6) is -0.343. The summed E-state index contributed by atoms with van der Waals surface area (Å²) < 4.78 is 30.3. The Morgan fingerprint density at radius 1 is 1.21 bits per heavy atom. The van der Waals surface area contributed by atoms with Crippen molar-refractivity contribution in [3.8, 4) is 0 Å². The fraction of sp³-hybridized carbons (Fsp3) is 0.263. The van der Waals surface area contributed by atoms with Gasteiger partial charge in [0.05, 0.1) is 26.4 Å². The number of para-hydroxylation sites is 1. The van der Waals surface area contributed by atoms with E-state index in [-0.39, 0.29) is 33.0 Å². The maximum atomic E-state index is 12.9. The first-order chi connectivity index (χ1) is 13.2. The summed E-state index contributed by atoms with van der Waals surface area (Å²) >= 11 is 0.984. The third-order valence-corrected chi connectivity index (χ3v) is 6.84. The molecule has 0 saturated heterocycles. The molecule has 3 rings (SSSR count). The van der Waals surface area contributed by atoms with Crippen LogP contribution in [0.15, 0.2) is 52.2 Å². The Balaban J connectivity index is 1.95. The summed E-state index contributed by atoms with van der Waals surface area (Å²) in [5, 5.41) is 2.84. The SMILES string of the molecule is CCC(C)NC(=O)c1ccccc1NS(=O)(=O)c1ccc2c(c1)sc(=O)n2C. The first-order valence-corrected chi connectivity index (χ1v) is 11.0. The number of sulfonamides is 1. The summed E-state index contributed by atoms with van der Waals surface area (Å²) in [4.78, 5) is 24.1. The second-order valence-electron chi connectivity index (χ2n) is 6.49. The molecule has 148 valence electrons. The van der Waals surface area contributed by atoms with E-state index in [1.54, 1.807) is 37.4 Å². The second kappa shape index (κ2) is 7.76. The molecule has 0 aliphatic heterocycles. The van der Waals surface area contributed by atoms with Gasteiger partial charge in [0.15, 0.2) is 0 Å². The molecule has 0 aliphatic carbocycles. The quantitative estimate of drug-likeness (QED) is 0.642. The molecule has 2 aromatic carbocycles. The highest BCUT2D eigenvalue weighted by Crippen LogP contribution is 2.24. The van der Waals surface area contributed by atoms with Crippen LogP contribution in [-0.2, 0) is 17.1 Å². The molecule has 1 amide bonds. The van der Waals surface area contributed by atoms with Crippen molar-refractivity contribution in [2.24, 2.45) is 7.05 Å². The van der Waals surface area contributed by atoms with Gasteiger partial charge in [-0.05, 0) is 43.7 Å². The van der Waals surface area contributed by atoms with E-state index in [0.29, 0.717) is 10.2 Å². The lowest BCUT2D eigenvalue weighted by Crippen LogP contribution is -2.32. The molecule has 9 heteroatoms. The summed E-state index contributed by atoms with van der Waals surface area (Å²) in [6.45, 7) is 3.83. The van der Waals surface area contributed by atoms with Crippen LogP contribution in [0.3, 0.4) is 0 Å². The number of nitrogens with zero attached hydrogens (tertiary/aromatic N) is 1. The smallest absolute Gasteiger partial charge is 0.307 e. The highest BCUT2D eigenvalue weighted by Gasteiger charge is 2.20. The standard InChI is InChI=1S/C19H21N3O4S2/c1-4-12(2)20-18(23)14-7-5-6-8-15(14)21-28(25,26)13-9-10-16-17(11-13)27-19(24)22(16)3/h5-12,21H,4H2,1-3H3,(H,20,23). The van der Waals surface area contributed by atoms with E-state index in [4.69, 9.17) is 0 Å². The Morgan fingerprint density at radius 2 is 1.93 bits per heavy atom. The predicted molar refractivity (Wildman–Crippen MR) is 112 cm³/mol. The largest absolute Gasteiger partial charge is 0.350 e. The number of aromatic nitrogens is 1. The molecular formula is C19H21N3O4S2. The zero-order valence-corrected chi connectivity index (χ0v) is 17.4. The van der Waals surface area contributed by atoms with Crippen molar-refractivity contribution in [3.05, 3.63) is 57.7 Å². The molecule has 3 aromatic rings. The number of hydrogen-bond acceptors (Lipinski definition) is 5. The molecule has 0 bridgehead atoms. The fourth-order valence-corrected chi connectivity index (χ4v) is 4.76. The van der Waals surface area contributed by atoms with Crippen LogP contribution in [0.1, 0.15) is 30.6 Å². The van der Waals surface area contributed by atoms with Crippen LogP contribution < -0.4 is 14.9 Å². The van der Waals surface area contributed by atoms with E-state index in [0.717, 1.165) is 17.8 Å². The normalized spacial score (nSPS) is 12.7. The Kier molecular flexibility index (Phi) is 5.57. The Morgan fingerprint density at radius 3 is 2.64 bits per heavy atom. The van der Waals surface area contributed by atoms with Crippen molar-refractivity contribution in [2.75, 3.05) is 4.72 Å². The lowest BCUT2D eigenvalue weighted by molar-refractivity contribution is 0.0940. The van der Waals surface area contributed by atoms with Gasteiger partial charge < -0.3 is 9.88 Å². The number of benzene rings is 2. The van der Waals surface area contributed by atoms with Crippen molar-refractivity contribution < 1.29 is 13.2 Å². The van der Waals surface area contributed by atoms with Gasteiger partial charge in [-0.1, -0.05) is 30.4 Å². The number of aryl methyl sites for hydroxylation is 1. The zero-order valence-electron chi connectivity index (χ0n) is 15.7. The average molecular weight is 420 g/mol. The van der Waals surface area contributed by atoms with E-state index >= 15 is 0 Å². The molecule has 0 radical (unpaired) electrons. The topological polar surface area (TPSA) is 97.3 Å². The number of nitrogens with one attached hydrogen (secondary N) is 2. The van der Waals surface area contributed by atoms with Gasteiger partial charge >= 0.3 is 4.87 Å². The lowest BCUT2D eigenvalue weighted by Gasteiger charge is -2.15.